The highest BCUT2D eigenvalue weighted by Crippen LogP contribution is 2.33. The summed E-state index contributed by atoms with van der Waals surface area (Å²) in [5.74, 6) is 1.62. The molecule has 3 aromatic heterocycles. The lowest BCUT2D eigenvalue weighted by molar-refractivity contribution is 0.0240. The summed E-state index contributed by atoms with van der Waals surface area (Å²) in [7, 11) is 0. The first-order valence-corrected chi connectivity index (χ1v) is 13.3. The molecule has 38 heavy (non-hydrogen) atoms. The number of pyridine rings is 1. The Balaban J connectivity index is 1.26. The number of aliphatic hydroxyl groups is 1. The lowest BCUT2D eigenvalue weighted by Gasteiger charge is -2.36. The van der Waals surface area contributed by atoms with E-state index in [9.17, 15) is 9.90 Å². The summed E-state index contributed by atoms with van der Waals surface area (Å²) in [5.41, 5.74) is 2.12. The van der Waals surface area contributed by atoms with Gasteiger partial charge in [0, 0.05) is 50.3 Å². The second-order valence-corrected chi connectivity index (χ2v) is 11.5. The van der Waals surface area contributed by atoms with Crippen LogP contribution in [0, 0.1) is 5.92 Å². The van der Waals surface area contributed by atoms with E-state index in [0.29, 0.717) is 50.4 Å². The molecule has 2 unspecified atom stereocenters. The number of nitrogens with one attached hydrogen (secondary N) is 2. The van der Waals surface area contributed by atoms with Crippen LogP contribution in [-0.2, 0) is 4.74 Å². The van der Waals surface area contributed by atoms with E-state index in [1.54, 1.807) is 11.1 Å². The van der Waals surface area contributed by atoms with E-state index >= 15 is 0 Å². The third kappa shape index (κ3) is 5.68. The van der Waals surface area contributed by atoms with Crippen LogP contribution >= 0.6 is 0 Å². The van der Waals surface area contributed by atoms with Crippen LogP contribution < -0.4 is 15.5 Å². The Morgan fingerprint density at radius 3 is 2.61 bits per heavy atom. The van der Waals surface area contributed by atoms with Crippen molar-refractivity contribution in [2.45, 2.75) is 58.9 Å². The summed E-state index contributed by atoms with van der Waals surface area (Å²) < 4.78 is 7.64. The highest BCUT2D eigenvalue weighted by molar-refractivity contribution is 5.78. The van der Waals surface area contributed by atoms with E-state index < -0.39 is 11.8 Å². The molecular weight excluding hydrogens is 484 g/mol. The number of hydrogen-bond donors (Lipinski definition) is 3. The molecule has 3 N–H and O–H groups in total. The fourth-order valence-corrected chi connectivity index (χ4v) is 5.09. The van der Waals surface area contributed by atoms with Gasteiger partial charge < -0.3 is 29.5 Å². The molecule has 1 saturated heterocycles. The normalized spacial score (nSPS) is 20.1. The highest BCUT2D eigenvalue weighted by Gasteiger charge is 2.29. The molecule has 1 amide bonds. The number of nitrogens with zero attached hydrogens (tertiary/aromatic N) is 6. The van der Waals surface area contributed by atoms with Crippen LogP contribution in [0.2, 0.25) is 0 Å². The predicted octanol–water partition coefficient (Wildman–Crippen LogP) is 3.81. The number of hydrogen-bond acceptors (Lipinski definition) is 9. The molecule has 0 radical (unpaired) electrons. The molecule has 3 aromatic rings. The molecule has 11 nitrogen and oxygen atoms in total. The van der Waals surface area contributed by atoms with Gasteiger partial charge in [0.2, 0.25) is 5.95 Å². The fourth-order valence-electron chi connectivity index (χ4n) is 5.09. The van der Waals surface area contributed by atoms with Crippen molar-refractivity contribution in [3.05, 3.63) is 36.3 Å². The SMILES string of the molecule is CC(C)CC1CNC(O)c2cc3cnc(Nc4ccc(N5CCN(C(=O)OC(C)(C)C)CC5)cn4)nc3n21. The van der Waals surface area contributed by atoms with Crippen LogP contribution in [0.4, 0.5) is 22.2 Å². The summed E-state index contributed by atoms with van der Waals surface area (Å²) >= 11 is 0. The third-order valence-electron chi connectivity index (χ3n) is 6.83. The quantitative estimate of drug-likeness (QED) is 0.459. The first-order chi connectivity index (χ1) is 18.1. The smallest absolute Gasteiger partial charge is 0.410 e. The molecule has 2 atom stereocenters. The zero-order valence-corrected chi connectivity index (χ0v) is 22.8. The molecule has 2 aliphatic rings. The Bertz CT molecular complexity index is 1280. The second kappa shape index (κ2) is 10.4. The van der Waals surface area contributed by atoms with Crippen LogP contribution in [0.3, 0.4) is 0 Å². The monoisotopic (exact) mass is 522 g/mol. The number of rotatable bonds is 5. The van der Waals surface area contributed by atoms with Gasteiger partial charge in [0.15, 0.2) is 0 Å². The Hall–Kier alpha value is -3.44. The van der Waals surface area contributed by atoms with Crippen molar-refractivity contribution in [3.8, 4) is 0 Å². The van der Waals surface area contributed by atoms with Gasteiger partial charge in [-0.15, -0.1) is 0 Å². The number of anilines is 3. The van der Waals surface area contributed by atoms with Crippen molar-refractivity contribution in [1.29, 1.82) is 0 Å². The maximum absolute atomic E-state index is 12.3. The minimum absolute atomic E-state index is 0.210. The Kier molecular flexibility index (Phi) is 7.15. The van der Waals surface area contributed by atoms with Crippen LogP contribution in [0.25, 0.3) is 11.0 Å². The number of piperazine rings is 1. The average Bonchev–Trinajstić information content (AvgIpc) is 3.25. The number of carbonyl (C=O) groups is 1. The Labute approximate surface area is 223 Å². The summed E-state index contributed by atoms with van der Waals surface area (Å²) in [6.45, 7) is 13.4. The van der Waals surface area contributed by atoms with Gasteiger partial charge in [-0.1, -0.05) is 13.8 Å². The van der Waals surface area contributed by atoms with Gasteiger partial charge in [-0.05, 0) is 51.3 Å². The van der Waals surface area contributed by atoms with Crippen molar-refractivity contribution in [1.82, 2.24) is 29.7 Å². The molecule has 11 heteroatoms. The van der Waals surface area contributed by atoms with Gasteiger partial charge in [0.1, 0.15) is 23.3 Å². The largest absolute Gasteiger partial charge is 0.444 e. The molecule has 1 fully saturated rings. The third-order valence-corrected chi connectivity index (χ3v) is 6.83. The van der Waals surface area contributed by atoms with Crippen LogP contribution in [-0.4, -0.2) is 73.9 Å². The van der Waals surface area contributed by atoms with Gasteiger partial charge in [-0.2, -0.15) is 4.98 Å². The summed E-state index contributed by atoms with van der Waals surface area (Å²) in [5, 5.41) is 17.8. The Morgan fingerprint density at radius 2 is 1.95 bits per heavy atom. The lowest BCUT2D eigenvalue weighted by atomic mass is 10.0. The van der Waals surface area contributed by atoms with E-state index in [4.69, 9.17) is 9.72 Å². The summed E-state index contributed by atoms with van der Waals surface area (Å²) in [6, 6.07) is 6.09. The minimum atomic E-state index is -0.718. The molecule has 204 valence electrons. The summed E-state index contributed by atoms with van der Waals surface area (Å²) in [6.07, 6.45) is 3.61. The van der Waals surface area contributed by atoms with E-state index in [0.717, 1.165) is 28.8 Å². The number of ether oxygens (including phenoxy) is 1. The van der Waals surface area contributed by atoms with E-state index in [1.807, 2.05) is 45.2 Å². The summed E-state index contributed by atoms with van der Waals surface area (Å²) in [4.78, 5) is 30.2. The van der Waals surface area contributed by atoms with Crippen molar-refractivity contribution in [2.24, 2.45) is 5.92 Å². The van der Waals surface area contributed by atoms with Crippen LogP contribution in [0.1, 0.15) is 59.0 Å². The van der Waals surface area contributed by atoms with Crippen molar-refractivity contribution in [2.75, 3.05) is 42.9 Å². The number of amides is 1. The molecule has 2 aliphatic heterocycles. The van der Waals surface area contributed by atoms with E-state index in [1.165, 1.54) is 0 Å². The van der Waals surface area contributed by atoms with Gasteiger partial charge in [-0.3, -0.25) is 5.32 Å². The van der Waals surface area contributed by atoms with Crippen LogP contribution in [0.5, 0.6) is 0 Å². The lowest BCUT2D eigenvalue weighted by Crippen LogP contribution is -2.50. The first-order valence-electron chi connectivity index (χ1n) is 13.3. The zero-order chi connectivity index (χ0) is 27.0. The topological polar surface area (TPSA) is 121 Å². The molecule has 0 spiro atoms. The maximum Gasteiger partial charge on any atom is 0.410 e. The molecule has 0 saturated carbocycles. The molecule has 0 aromatic carbocycles. The van der Waals surface area contributed by atoms with Crippen molar-refractivity contribution < 1.29 is 14.6 Å². The van der Waals surface area contributed by atoms with Gasteiger partial charge >= 0.3 is 6.09 Å². The van der Waals surface area contributed by atoms with Crippen LogP contribution in [0.15, 0.2) is 30.6 Å². The van der Waals surface area contributed by atoms with Gasteiger partial charge in [-0.25, -0.2) is 14.8 Å². The van der Waals surface area contributed by atoms with E-state index in [-0.39, 0.29) is 12.1 Å². The number of aliphatic hydroxyl groups excluding tert-OH is 1. The Morgan fingerprint density at radius 1 is 1.18 bits per heavy atom. The molecule has 5 heterocycles. The number of fused-ring (bicyclic) bond motifs is 3. The average molecular weight is 523 g/mol. The van der Waals surface area contributed by atoms with Crippen molar-refractivity contribution in [3.63, 3.8) is 0 Å². The van der Waals surface area contributed by atoms with Gasteiger partial charge in [0.25, 0.3) is 0 Å². The first kappa shape index (κ1) is 26.2. The zero-order valence-electron chi connectivity index (χ0n) is 22.8. The van der Waals surface area contributed by atoms with Gasteiger partial charge in [0.05, 0.1) is 17.6 Å². The fraction of sp³-hybridized carbons (Fsp3) is 0.556. The molecule has 0 aliphatic carbocycles. The molecular formula is C27H38N8O3. The van der Waals surface area contributed by atoms with E-state index in [2.05, 4.69) is 43.9 Å². The molecule has 0 bridgehead atoms. The second-order valence-electron chi connectivity index (χ2n) is 11.5. The van der Waals surface area contributed by atoms with Crippen molar-refractivity contribution >= 4 is 34.6 Å². The maximum atomic E-state index is 12.3. The standard InChI is InChI=1S/C27H38N8O3/c1-17(2)12-20-16-29-24(36)21-13-18-14-30-25(32-23(18)35(20)21)31-22-7-6-19(15-28-22)33-8-10-34(11-9-33)26(37)38-27(3,4)5/h6-7,13-15,17,20,24,29,36H,8-12,16H2,1-5H3,(H,28,30,31,32). The molecule has 5 rings (SSSR count). The number of aromatic nitrogens is 4. The predicted molar refractivity (Wildman–Crippen MR) is 147 cm³/mol. The highest BCUT2D eigenvalue weighted by atomic mass is 16.6. The number of carbonyl (C=O) groups excluding carboxylic acids is 1. The minimum Gasteiger partial charge on any atom is -0.444 e.